The van der Waals surface area contributed by atoms with Gasteiger partial charge < -0.3 is 9.84 Å². The van der Waals surface area contributed by atoms with Gasteiger partial charge in [-0.05, 0) is 31.8 Å². The van der Waals surface area contributed by atoms with E-state index >= 15 is 0 Å². The van der Waals surface area contributed by atoms with Crippen molar-refractivity contribution < 1.29 is 24.2 Å². The lowest BCUT2D eigenvalue weighted by atomic mass is 9.76. The fourth-order valence-electron chi connectivity index (χ4n) is 3.39. The van der Waals surface area contributed by atoms with Gasteiger partial charge in [-0.1, -0.05) is 13.5 Å². The van der Waals surface area contributed by atoms with E-state index in [0.717, 1.165) is 6.42 Å². The number of Topliss-reactive ketones (excluding diaryl/α,β-unsaturated/α-hetero) is 1. The molecule has 5 nitrogen and oxygen atoms in total. The number of ether oxygens (including phenoxy) is 1. The molecule has 2 aliphatic rings. The van der Waals surface area contributed by atoms with E-state index in [0.29, 0.717) is 12.0 Å². The summed E-state index contributed by atoms with van der Waals surface area (Å²) in [7, 11) is 0. The maximum Gasteiger partial charge on any atom is 0.309 e. The number of carbonyl (C=O) groups is 3. The third-order valence-corrected chi connectivity index (χ3v) is 4.75. The molecule has 4 atom stereocenters. The van der Waals surface area contributed by atoms with Gasteiger partial charge in [0.15, 0.2) is 5.78 Å². The van der Waals surface area contributed by atoms with Crippen LogP contribution in [0.3, 0.4) is 0 Å². The van der Waals surface area contributed by atoms with Gasteiger partial charge in [0.1, 0.15) is 6.10 Å². The summed E-state index contributed by atoms with van der Waals surface area (Å²) in [6.45, 7) is 7.35. The first-order valence-electron chi connectivity index (χ1n) is 6.92. The number of aliphatic carboxylic acids is 1. The molecule has 1 aliphatic heterocycles. The second-order valence-corrected chi connectivity index (χ2v) is 6.09. The van der Waals surface area contributed by atoms with E-state index in [4.69, 9.17) is 9.84 Å². The Hall–Kier alpha value is -1.65. The largest absolute Gasteiger partial charge is 0.481 e. The van der Waals surface area contributed by atoms with Crippen LogP contribution in [0, 0.1) is 17.3 Å². The zero-order valence-electron chi connectivity index (χ0n) is 11.8. The van der Waals surface area contributed by atoms with E-state index in [2.05, 4.69) is 6.58 Å². The summed E-state index contributed by atoms with van der Waals surface area (Å²) in [4.78, 5) is 34.8. The number of hydrogen-bond donors (Lipinski definition) is 1. The Balaban J connectivity index is 2.11. The van der Waals surface area contributed by atoms with Crippen LogP contribution >= 0.6 is 0 Å². The van der Waals surface area contributed by atoms with Crippen LogP contribution in [-0.4, -0.2) is 28.9 Å². The van der Waals surface area contributed by atoms with Gasteiger partial charge in [0.05, 0.1) is 11.3 Å². The van der Waals surface area contributed by atoms with Crippen molar-refractivity contribution in [1.29, 1.82) is 0 Å². The first-order valence-corrected chi connectivity index (χ1v) is 6.92. The van der Waals surface area contributed by atoms with Crippen molar-refractivity contribution in [2.45, 2.75) is 45.6 Å². The highest BCUT2D eigenvalue weighted by Gasteiger charge is 2.58. The SMILES string of the molecule is C=C(CCC(=O)O)C(=O)C1(C)CCC2C(C)C(=O)OC21. The van der Waals surface area contributed by atoms with E-state index in [-0.39, 0.29) is 42.5 Å². The second-order valence-electron chi connectivity index (χ2n) is 6.09. The van der Waals surface area contributed by atoms with Crippen molar-refractivity contribution in [3.8, 4) is 0 Å². The average Bonchev–Trinajstić information content (AvgIpc) is 2.86. The molecule has 1 saturated carbocycles. The summed E-state index contributed by atoms with van der Waals surface area (Å²) < 4.78 is 5.39. The Bertz CT molecular complexity index is 481. The minimum absolute atomic E-state index is 0.0868. The van der Waals surface area contributed by atoms with E-state index in [1.807, 2.05) is 6.92 Å². The summed E-state index contributed by atoms with van der Waals surface area (Å²) in [5.74, 6) is -1.43. The number of rotatable bonds is 5. The van der Waals surface area contributed by atoms with Crippen molar-refractivity contribution in [1.82, 2.24) is 0 Å². The Morgan fingerprint density at radius 1 is 1.45 bits per heavy atom. The van der Waals surface area contributed by atoms with Crippen molar-refractivity contribution in [3.63, 3.8) is 0 Å². The number of allylic oxidation sites excluding steroid dienone is 1. The van der Waals surface area contributed by atoms with E-state index in [9.17, 15) is 14.4 Å². The van der Waals surface area contributed by atoms with Gasteiger partial charge in [-0.15, -0.1) is 0 Å². The summed E-state index contributed by atoms with van der Waals surface area (Å²) >= 11 is 0. The van der Waals surface area contributed by atoms with Gasteiger partial charge in [-0.25, -0.2) is 0 Å². The Kier molecular flexibility index (Phi) is 3.71. The third kappa shape index (κ3) is 2.25. The van der Waals surface area contributed by atoms with Crippen LogP contribution in [0.5, 0.6) is 0 Å². The van der Waals surface area contributed by atoms with Crippen LogP contribution in [0.2, 0.25) is 0 Å². The maximum absolute atomic E-state index is 12.6. The number of carboxylic acid groups (broad SMARTS) is 1. The number of ketones is 1. The van der Waals surface area contributed by atoms with Crippen LogP contribution in [-0.2, 0) is 19.1 Å². The zero-order chi connectivity index (χ0) is 15.1. The Morgan fingerprint density at radius 2 is 2.10 bits per heavy atom. The number of carboxylic acids is 1. The highest BCUT2D eigenvalue weighted by molar-refractivity contribution is 6.00. The molecule has 0 aromatic rings. The van der Waals surface area contributed by atoms with Gasteiger partial charge in [-0.3, -0.25) is 14.4 Å². The highest BCUT2D eigenvalue weighted by atomic mass is 16.6. The number of fused-ring (bicyclic) bond motifs is 1. The third-order valence-electron chi connectivity index (χ3n) is 4.75. The van der Waals surface area contributed by atoms with Crippen LogP contribution in [0.25, 0.3) is 0 Å². The molecule has 0 radical (unpaired) electrons. The first kappa shape index (κ1) is 14.8. The van der Waals surface area contributed by atoms with Gasteiger partial charge in [0.25, 0.3) is 0 Å². The molecule has 110 valence electrons. The topological polar surface area (TPSA) is 80.7 Å². The summed E-state index contributed by atoms with van der Waals surface area (Å²) in [5.41, 5.74) is -0.438. The van der Waals surface area contributed by atoms with Crippen LogP contribution in [0.15, 0.2) is 12.2 Å². The summed E-state index contributed by atoms with van der Waals surface area (Å²) in [5, 5.41) is 8.67. The molecule has 1 N–H and O–H groups in total. The average molecular weight is 280 g/mol. The molecule has 2 rings (SSSR count). The molecule has 1 saturated heterocycles. The first-order chi connectivity index (χ1) is 9.27. The van der Waals surface area contributed by atoms with Crippen LogP contribution in [0.1, 0.15) is 39.5 Å². The van der Waals surface area contributed by atoms with Gasteiger partial charge in [-0.2, -0.15) is 0 Å². The lowest BCUT2D eigenvalue weighted by molar-refractivity contribution is -0.150. The summed E-state index contributed by atoms with van der Waals surface area (Å²) in [6.07, 6.45) is 1.09. The molecule has 0 aromatic carbocycles. The lowest BCUT2D eigenvalue weighted by Crippen LogP contribution is -2.38. The van der Waals surface area contributed by atoms with Crippen molar-refractivity contribution in [2.75, 3.05) is 0 Å². The van der Waals surface area contributed by atoms with E-state index in [1.165, 1.54) is 0 Å². The Morgan fingerprint density at radius 3 is 2.70 bits per heavy atom. The monoisotopic (exact) mass is 280 g/mol. The van der Waals surface area contributed by atoms with Crippen LogP contribution < -0.4 is 0 Å². The fraction of sp³-hybridized carbons (Fsp3) is 0.667. The minimum atomic E-state index is -0.950. The molecule has 2 fully saturated rings. The lowest BCUT2D eigenvalue weighted by Gasteiger charge is -2.29. The molecule has 4 unspecified atom stereocenters. The van der Waals surface area contributed by atoms with Gasteiger partial charge in [0.2, 0.25) is 0 Å². The standard InChI is InChI=1S/C15H20O5/c1-8(4-5-11(16)17)12(18)15(3)7-6-10-9(2)14(19)20-13(10)15/h9-10,13H,1,4-7H2,2-3H3,(H,16,17). The molecule has 0 bridgehead atoms. The van der Waals surface area contributed by atoms with Crippen LogP contribution in [0.4, 0.5) is 0 Å². The predicted octanol–water partition coefficient (Wildman–Crippen LogP) is 1.95. The molecule has 0 aromatic heterocycles. The molecule has 5 heteroatoms. The van der Waals surface area contributed by atoms with Gasteiger partial charge in [0, 0.05) is 12.3 Å². The zero-order valence-corrected chi connectivity index (χ0v) is 11.8. The molecule has 1 heterocycles. The smallest absolute Gasteiger partial charge is 0.309 e. The highest BCUT2D eigenvalue weighted by Crippen LogP contribution is 2.52. The number of esters is 1. The number of hydrogen-bond acceptors (Lipinski definition) is 4. The Labute approximate surface area is 118 Å². The van der Waals surface area contributed by atoms with E-state index < -0.39 is 11.4 Å². The van der Waals surface area contributed by atoms with Gasteiger partial charge >= 0.3 is 11.9 Å². The van der Waals surface area contributed by atoms with Crippen molar-refractivity contribution in [3.05, 3.63) is 12.2 Å². The van der Waals surface area contributed by atoms with E-state index in [1.54, 1.807) is 6.92 Å². The van der Waals surface area contributed by atoms with Crippen molar-refractivity contribution >= 4 is 17.7 Å². The summed E-state index contributed by atoms with van der Waals surface area (Å²) in [6, 6.07) is 0. The minimum Gasteiger partial charge on any atom is -0.481 e. The number of carbonyl (C=O) groups excluding carboxylic acids is 2. The quantitative estimate of drug-likeness (QED) is 0.615. The van der Waals surface area contributed by atoms with Crippen molar-refractivity contribution in [2.24, 2.45) is 17.3 Å². The molecule has 20 heavy (non-hydrogen) atoms. The molecule has 1 aliphatic carbocycles. The molecular weight excluding hydrogens is 260 g/mol. The molecular formula is C15H20O5. The second kappa shape index (κ2) is 5.04. The predicted molar refractivity (Wildman–Crippen MR) is 70.9 cm³/mol. The maximum atomic E-state index is 12.6. The molecule has 0 spiro atoms. The fourth-order valence-corrected chi connectivity index (χ4v) is 3.39. The molecule has 0 amide bonds. The normalized spacial score (nSPS) is 35.5.